The number of benzene rings is 4. The smallest absolute Gasteiger partial charge is 0.303 e. The van der Waals surface area contributed by atoms with Gasteiger partial charge in [-0.1, -0.05) is 48.5 Å². The zero-order valence-corrected chi connectivity index (χ0v) is 28.4. The summed E-state index contributed by atoms with van der Waals surface area (Å²) in [6, 6.07) is 18.7. The predicted octanol–water partition coefficient (Wildman–Crippen LogP) is 8.22. The number of piperidine rings is 1. The average molecular weight is 695 g/mol. The van der Waals surface area contributed by atoms with E-state index >= 15 is 0 Å². The molecular formula is C39H42F4N2O5. The van der Waals surface area contributed by atoms with Gasteiger partial charge in [0.1, 0.15) is 23.5 Å². The molecule has 1 saturated heterocycles. The Morgan fingerprint density at radius 1 is 0.960 bits per heavy atom. The summed E-state index contributed by atoms with van der Waals surface area (Å²) in [7, 11) is 3.31. The lowest BCUT2D eigenvalue weighted by atomic mass is 9.76. The third kappa shape index (κ3) is 8.21. The van der Waals surface area contributed by atoms with Crippen LogP contribution in [0.2, 0.25) is 0 Å². The van der Waals surface area contributed by atoms with E-state index in [1.807, 2.05) is 48.5 Å². The highest BCUT2D eigenvalue weighted by Gasteiger charge is 2.46. The number of hydrogen-bond donors (Lipinski definition) is 2. The van der Waals surface area contributed by atoms with Gasteiger partial charge in [0, 0.05) is 44.5 Å². The largest absolute Gasteiger partial charge is 0.496 e. The number of carbonyl (C=O) groups excluding carboxylic acids is 1. The Balaban J connectivity index is 0.000000240. The van der Waals surface area contributed by atoms with E-state index in [2.05, 4.69) is 4.90 Å². The van der Waals surface area contributed by atoms with E-state index in [0.717, 1.165) is 57.9 Å². The zero-order valence-electron chi connectivity index (χ0n) is 28.4. The monoisotopic (exact) mass is 694 g/mol. The van der Waals surface area contributed by atoms with Crippen molar-refractivity contribution in [3.8, 4) is 22.6 Å². The Morgan fingerprint density at radius 3 is 2.24 bits per heavy atom. The number of ether oxygens (including phenoxy) is 2. The molecular weight excluding hydrogens is 652 g/mol. The molecule has 1 amide bonds. The summed E-state index contributed by atoms with van der Waals surface area (Å²) in [5.41, 5.74) is 9.65. The molecule has 3 N–H and O–H groups in total. The molecule has 2 aliphatic rings. The van der Waals surface area contributed by atoms with Gasteiger partial charge in [-0.05, 0) is 77.3 Å². The lowest BCUT2D eigenvalue weighted by Crippen LogP contribution is -2.34. The van der Waals surface area contributed by atoms with Crippen molar-refractivity contribution in [1.29, 1.82) is 0 Å². The number of carbonyl (C=O) groups is 2. The second-order valence-corrected chi connectivity index (χ2v) is 13.0. The molecule has 4 aromatic carbocycles. The Hall–Kier alpha value is -4.64. The number of rotatable bonds is 10. The second kappa shape index (κ2) is 15.5. The molecule has 1 saturated carbocycles. The Bertz CT molecular complexity index is 1840. The molecule has 11 heteroatoms. The van der Waals surface area contributed by atoms with E-state index in [0.29, 0.717) is 42.7 Å². The summed E-state index contributed by atoms with van der Waals surface area (Å²) in [5, 5.41) is 11.2. The van der Waals surface area contributed by atoms with Crippen LogP contribution in [0.25, 0.3) is 21.9 Å². The number of carboxylic acid groups (broad SMARTS) is 1. The van der Waals surface area contributed by atoms with Gasteiger partial charge < -0.3 is 20.3 Å². The fourth-order valence-electron chi connectivity index (χ4n) is 6.96. The van der Waals surface area contributed by atoms with Crippen molar-refractivity contribution < 1.29 is 41.7 Å². The molecule has 0 aromatic heterocycles. The van der Waals surface area contributed by atoms with Crippen LogP contribution in [0.3, 0.4) is 0 Å². The van der Waals surface area contributed by atoms with Gasteiger partial charge in [0.15, 0.2) is 0 Å². The van der Waals surface area contributed by atoms with Crippen LogP contribution in [-0.2, 0) is 17.8 Å². The van der Waals surface area contributed by atoms with Crippen LogP contribution in [-0.4, -0.2) is 61.3 Å². The maximum Gasteiger partial charge on any atom is 0.303 e. The number of likely N-dealkylation sites (tertiary alicyclic amines) is 1. The van der Waals surface area contributed by atoms with Crippen molar-refractivity contribution >= 4 is 22.6 Å². The zero-order chi connectivity index (χ0) is 36.2. The van der Waals surface area contributed by atoms with Crippen LogP contribution in [0.15, 0.2) is 60.7 Å². The molecule has 1 aliphatic heterocycles. The number of methoxy groups -OCH3 is 2. The maximum absolute atomic E-state index is 13.6. The molecule has 266 valence electrons. The minimum absolute atomic E-state index is 0.0844. The second-order valence-electron chi connectivity index (χ2n) is 13.0. The van der Waals surface area contributed by atoms with Gasteiger partial charge in [-0.25, -0.2) is 17.6 Å². The number of nitrogens with two attached hydrogens (primary N) is 1. The summed E-state index contributed by atoms with van der Waals surface area (Å²) in [6.45, 7) is 3.69. The minimum Gasteiger partial charge on any atom is -0.496 e. The van der Waals surface area contributed by atoms with Crippen molar-refractivity contribution in [2.45, 2.75) is 70.0 Å². The third-order valence-electron chi connectivity index (χ3n) is 9.54. The van der Waals surface area contributed by atoms with E-state index in [9.17, 15) is 27.2 Å². The Labute approximate surface area is 289 Å². The number of primary amides is 1. The van der Waals surface area contributed by atoms with E-state index < -0.39 is 29.8 Å². The molecule has 1 heterocycles. The van der Waals surface area contributed by atoms with Gasteiger partial charge in [0.2, 0.25) is 5.92 Å². The lowest BCUT2D eigenvalue weighted by Gasteiger charge is -2.35. The summed E-state index contributed by atoms with van der Waals surface area (Å²) in [6.07, 6.45) is 0.446. The maximum atomic E-state index is 13.6. The van der Waals surface area contributed by atoms with E-state index in [-0.39, 0.29) is 30.7 Å². The fourth-order valence-corrected chi connectivity index (χ4v) is 6.96. The quantitative estimate of drug-likeness (QED) is 0.162. The number of alkyl halides is 3. The number of fused-ring (bicyclic) bond motifs is 1. The molecule has 50 heavy (non-hydrogen) atoms. The predicted molar refractivity (Wildman–Crippen MR) is 184 cm³/mol. The summed E-state index contributed by atoms with van der Waals surface area (Å²) in [5.74, 6) is -3.90. The number of aliphatic carboxylic acids is 1. The van der Waals surface area contributed by atoms with Gasteiger partial charge in [-0.2, -0.15) is 0 Å². The highest BCUT2D eigenvalue weighted by Crippen LogP contribution is 2.49. The van der Waals surface area contributed by atoms with Crippen molar-refractivity contribution in [2.24, 2.45) is 5.73 Å². The first-order valence-corrected chi connectivity index (χ1v) is 16.6. The molecule has 0 atom stereocenters. The van der Waals surface area contributed by atoms with Gasteiger partial charge in [-0.3, -0.25) is 14.5 Å². The number of nitrogens with zero attached hydrogens (tertiary/aromatic N) is 1. The summed E-state index contributed by atoms with van der Waals surface area (Å²) < 4.78 is 64.3. The summed E-state index contributed by atoms with van der Waals surface area (Å²) >= 11 is 0. The van der Waals surface area contributed by atoms with E-state index in [1.54, 1.807) is 27.2 Å². The van der Waals surface area contributed by atoms with E-state index in [4.69, 9.17) is 20.3 Å². The highest BCUT2D eigenvalue weighted by molar-refractivity contribution is 6.01. The first-order valence-electron chi connectivity index (χ1n) is 16.6. The molecule has 4 aromatic rings. The Morgan fingerprint density at radius 2 is 1.64 bits per heavy atom. The summed E-state index contributed by atoms with van der Waals surface area (Å²) in [4.78, 5) is 24.4. The normalized spacial score (nSPS) is 16.3. The van der Waals surface area contributed by atoms with Crippen molar-refractivity contribution in [2.75, 3.05) is 27.3 Å². The SMILES string of the molecule is COc1ccc(CN2CCC(F)CC2)c(OC)c1-c1cccc2c(CCC(=O)O)cccc12.Cc1cc(C2CC(F)(F)C2)cc(F)c1C(N)=O. The van der Waals surface area contributed by atoms with Gasteiger partial charge in [0.25, 0.3) is 5.91 Å². The van der Waals surface area contributed by atoms with Gasteiger partial charge in [0.05, 0.1) is 25.3 Å². The number of carboxylic acids is 1. The van der Waals surface area contributed by atoms with Crippen LogP contribution in [0.1, 0.15) is 70.6 Å². The number of halogens is 4. The first-order chi connectivity index (χ1) is 23.8. The standard InChI is InChI=1S/C27H30FNO4.C12H12F3NO/c1-32-24-11-9-19(17-29-15-13-20(28)14-16-29)27(33-2)26(24)23-8-4-6-21-18(10-12-25(30)31)5-3-7-22(21)23;1-6-2-7(8-4-12(14,15)5-8)3-9(13)10(6)11(16)17/h3-9,11,20H,10,12-17H2,1-2H3,(H,30,31);2-3,8H,4-5H2,1H3,(H2,16,17). The molecule has 0 bridgehead atoms. The molecule has 0 unspecified atom stereocenters. The van der Waals surface area contributed by atoms with Crippen molar-refractivity contribution in [3.63, 3.8) is 0 Å². The highest BCUT2D eigenvalue weighted by atomic mass is 19.3. The van der Waals surface area contributed by atoms with Crippen molar-refractivity contribution in [1.82, 2.24) is 4.90 Å². The van der Waals surface area contributed by atoms with Gasteiger partial charge >= 0.3 is 5.97 Å². The number of aryl methyl sites for hydroxylation is 2. The van der Waals surface area contributed by atoms with Crippen LogP contribution in [0.5, 0.6) is 11.5 Å². The van der Waals surface area contributed by atoms with Crippen LogP contribution in [0.4, 0.5) is 17.6 Å². The topological polar surface area (TPSA) is 102 Å². The molecule has 1 aliphatic carbocycles. The van der Waals surface area contributed by atoms with Crippen LogP contribution >= 0.6 is 0 Å². The minimum atomic E-state index is -2.64. The average Bonchev–Trinajstić information content (AvgIpc) is 3.06. The molecule has 0 spiro atoms. The molecule has 0 radical (unpaired) electrons. The molecule has 7 nitrogen and oxygen atoms in total. The number of hydrogen-bond acceptors (Lipinski definition) is 5. The Kier molecular flexibility index (Phi) is 11.4. The fraction of sp³-hybridized carbons (Fsp3) is 0.385. The van der Waals surface area contributed by atoms with Crippen LogP contribution < -0.4 is 15.2 Å². The molecule has 2 fully saturated rings. The molecule has 6 rings (SSSR count). The number of amides is 1. The van der Waals surface area contributed by atoms with Crippen molar-refractivity contribution in [3.05, 3.63) is 94.3 Å². The van der Waals surface area contributed by atoms with Gasteiger partial charge in [-0.15, -0.1) is 0 Å². The first kappa shape index (κ1) is 36.6. The van der Waals surface area contributed by atoms with E-state index in [1.165, 1.54) is 0 Å². The lowest BCUT2D eigenvalue weighted by molar-refractivity contribution is -0.136. The third-order valence-corrected chi connectivity index (χ3v) is 9.54. The van der Waals surface area contributed by atoms with Crippen LogP contribution in [0, 0.1) is 12.7 Å².